The number of methoxy groups -OCH3 is 1. The second-order valence-electron chi connectivity index (χ2n) is 8.77. The predicted molar refractivity (Wildman–Crippen MR) is 119 cm³/mol. The largest absolute Gasteiger partial charge is 0.479 e. The maximum Gasteiger partial charge on any atom is 0.373 e. The molecule has 0 aromatic carbocycles. The molecule has 5 atom stereocenters. The van der Waals surface area contributed by atoms with E-state index in [1.54, 1.807) is 23.9 Å². The van der Waals surface area contributed by atoms with Crippen LogP contribution in [0, 0.1) is 11.8 Å². The van der Waals surface area contributed by atoms with E-state index in [9.17, 15) is 19.2 Å². The number of esters is 4. The lowest BCUT2D eigenvalue weighted by Crippen LogP contribution is -2.52. The lowest BCUT2D eigenvalue weighted by Gasteiger charge is -2.40. The van der Waals surface area contributed by atoms with Gasteiger partial charge in [-0.25, -0.2) is 9.48 Å². The molecule has 1 aliphatic heterocycles. The van der Waals surface area contributed by atoms with E-state index in [1.165, 1.54) is 27.9 Å². The topological polar surface area (TPSA) is 145 Å². The molecule has 0 radical (unpaired) electrons. The minimum absolute atomic E-state index is 0.132. The molecule has 2 rings (SSSR count). The number of carbonyl (C=O) groups is 4. The fraction of sp³-hybridized carbons (Fsp3) is 0.652. The molecule has 0 fully saturated rings. The molecule has 0 N–H and O–H groups in total. The molecule has 0 bridgehead atoms. The van der Waals surface area contributed by atoms with Gasteiger partial charge in [0.05, 0.1) is 18.8 Å². The molecule has 0 unspecified atom stereocenters. The number of ether oxygens (including phenoxy) is 5. The zero-order chi connectivity index (χ0) is 26.3. The lowest BCUT2D eigenvalue weighted by molar-refractivity contribution is -0.190. The van der Waals surface area contributed by atoms with Gasteiger partial charge < -0.3 is 23.7 Å². The van der Waals surface area contributed by atoms with Gasteiger partial charge in [-0.05, 0) is 18.4 Å². The highest BCUT2D eigenvalue weighted by Crippen LogP contribution is 2.36. The van der Waals surface area contributed by atoms with Crippen LogP contribution in [-0.4, -0.2) is 70.9 Å². The van der Waals surface area contributed by atoms with E-state index in [-0.39, 0.29) is 12.4 Å². The van der Waals surface area contributed by atoms with Gasteiger partial charge >= 0.3 is 23.9 Å². The highest BCUT2D eigenvalue weighted by molar-refractivity contribution is 5.86. The van der Waals surface area contributed by atoms with E-state index in [4.69, 9.17) is 23.7 Å². The third-order valence-corrected chi connectivity index (χ3v) is 5.27. The average Bonchev–Trinajstić information content (AvgIpc) is 3.21. The number of allylic oxidation sites excluding steroid dienone is 1. The summed E-state index contributed by atoms with van der Waals surface area (Å²) in [6.07, 6.45) is 0.622. The SMILES string of the molecule is COC(=O)C1=C[C@H](n2cc(CC(C)C)nn2)[C@@H](C)[C@H]([C@H](OC(C)=O)[C@@H](COC(C)=O)OC(C)=O)O1. The monoisotopic (exact) mass is 495 g/mol. The Morgan fingerprint density at radius 1 is 1.09 bits per heavy atom. The normalized spacial score (nSPS) is 21.3. The third kappa shape index (κ3) is 7.79. The van der Waals surface area contributed by atoms with E-state index in [1.807, 2.05) is 0 Å². The van der Waals surface area contributed by atoms with Gasteiger partial charge in [0.1, 0.15) is 12.7 Å². The quantitative estimate of drug-likeness (QED) is 0.344. The molecule has 0 saturated heterocycles. The number of aromatic nitrogens is 3. The summed E-state index contributed by atoms with van der Waals surface area (Å²) in [5.41, 5.74) is 0.771. The summed E-state index contributed by atoms with van der Waals surface area (Å²) in [6, 6.07) is -0.541. The second-order valence-corrected chi connectivity index (χ2v) is 8.77. The molecule has 194 valence electrons. The van der Waals surface area contributed by atoms with Gasteiger partial charge in [0.15, 0.2) is 12.2 Å². The molecule has 0 amide bonds. The summed E-state index contributed by atoms with van der Waals surface area (Å²) < 4.78 is 28.2. The first-order valence-electron chi connectivity index (χ1n) is 11.3. The molecule has 12 nitrogen and oxygen atoms in total. The van der Waals surface area contributed by atoms with Crippen molar-refractivity contribution < 1.29 is 42.9 Å². The van der Waals surface area contributed by atoms with Crippen LogP contribution < -0.4 is 0 Å². The Kier molecular flexibility index (Phi) is 9.78. The minimum atomic E-state index is -1.22. The summed E-state index contributed by atoms with van der Waals surface area (Å²) in [6.45, 7) is 9.08. The van der Waals surface area contributed by atoms with Gasteiger partial charge in [-0.15, -0.1) is 5.10 Å². The molecular weight excluding hydrogens is 462 g/mol. The Bertz CT molecular complexity index is 956. The fourth-order valence-electron chi connectivity index (χ4n) is 3.82. The van der Waals surface area contributed by atoms with Crippen molar-refractivity contribution in [3.05, 3.63) is 23.7 Å². The third-order valence-electron chi connectivity index (χ3n) is 5.27. The van der Waals surface area contributed by atoms with Crippen LogP contribution in [0.3, 0.4) is 0 Å². The van der Waals surface area contributed by atoms with Crippen molar-refractivity contribution >= 4 is 23.9 Å². The summed E-state index contributed by atoms with van der Waals surface area (Å²) in [5.74, 6) is -2.96. The lowest BCUT2D eigenvalue weighted by atomic mass is 9.87. The summed E-state index contributed by atoms with van der Waals surface area (Å²) in [7, 11) is 1.21. The van der Waals surface area contributed by atoms with Crippen LogP contribution in [0.2, 0.25) is 0 Å². The van der Waals surface area contributed by atoms with E-state index in [2.05, 4.69) is 24.2 Å². The summed E-state index contributed by atoms with van der Waals surface area (Å²) in [4.78, 5) is 47.7. The van der Waals surface area contributed by atoms with Crippen molar-refractivity contribution in [3.8, 4) is 0 Å². The molecule has 1 aliphatic rings. The van der Waals surface area contributed by atoms with E-state index < -0.39 is 54.1 Å². The van der Waals surface area contributed by atoms with Crippen molar-refractivity contribution in [3.63, 3.8) is 0 Å². The first-order valence-corrected chi connectivity index (χ1v) is 11.3. The van der Waals surface area contributed by atoms with Crippen molar-refractivity contribution in [1.29, 1.82) is 0 Å². The predicted octanol–water partition coefficient (Wildman–Crippen LogP) is 1.54. The van der Waals surface area contributed by atoms with Gasteiger partial charge in [0.25, 0.3) is 0 Å². The van der Waals surface area contributed by atoms with Crippen LogP contribution in [0.4, 0.5) is 0 Å². The van der Waals surface area contributed by atoms with Gasteiger partial charge in [-0.3, -0.25) is 14.4 Å². The van der Waals surface area contributed by atoms with Gasteiger partial charge in [-0.2, -0.15) is 0 Å². The van der Waals surface area contributed by atoms with Crippen molar-refractivity contribution in [1.82, 2.24) is 15.0 Å². The van der Waals surface area contributed by atoms with Crippen molar-refractivity contribution in [2.24, 2.45) is 11.8 Å². The van der Waals surface area contributed by atoms with Gasteiger partial charge in [0, 0.05) is 32.9 Å². The number of hydrogen-bond acceptors (Lipinski definition) is 11. The highest BCUT2D eigenvalue weighted by atomic mass is 16.6. The molecule has 0 aliphatic carbocycles. The fourth-order valence-corrected chi connectivity index (χ4v) is 3.82. The minimum Gasteiger partial charge on any atom is -0.479 e. The Morgan fingerprint density at radius 2 is 1.74 bits per heavy atom. The zero-order valence-electron chi connectivity index (χ0n) is 21.0. The van der Waals surface area contributed by atoms with E-state index in [0.29, 0.717) is 12.3 Å². The van der Waals surface area contributed by atoms with Crippen LogP contribution >= 0.6 is 0 Å². The molecule has 0 spiro atoms. The molecule has 0 saturated carbocycles. The first-order chi connectivity index (χ1) is 16.4. The smallest absolute Gasteiger partial charge is 0.373 e. The first kappa shape index (κ1) is 27.8. The van der Waals surface area contributed by atoms with Gasteiger partial charge in [-0.1, -0.05) is 26.0 Å². The number of hydrogen-bond donors (Lipinski definition) is 0. The maximum atomic E-state index is 12.4. The summed E-state index contributed by atoms with van der Waals surface area (Å²) in [5, 5.41) is 8.43. The van der Waals surface area contributed by atoms with Crippen LogP contribution in [0.25, 0.3) is 0 Å². The van der Waals surface area contributed by atoms with Gasteiger partial charge in [0.2, 0.25) is 5.76 Å². The molecule has 1 aromatic heterocycles. The molecule has 1 aromatic rings. The molecule has 2 heterocycles. The second kappa shape index (κ2) is 12.3. The van der Waals surface area contributed by atoms with Crippen LogP contribution in [0.15, 0.2) is 18.0 Å². The highest BCUT2D eigenvalue weighted by Gasteiger charge is 2.46. The maximum absolute atomic E-state index is 12.4. The van der Waals surface area contributed by atoms with E-state index in [0.717, 1.165) is 5.69 Å². The number of carbonyl (C=O) groups excluding carboxylic acids is 4. The number of rotatable bonds is 10. The van der Waals surface area contributed by atoms with Crippen LogP contribution in [0.1, 0.15) is 53.3 Å². The molecule has 12 heteroatoms. The Balaban J connectivity index is 2.50. The standard InChI is InChI=1S/C23H33N3O9/c1-12(2)8-17-10-26(25-24-17)18-9-19(23(30)31-7)35-21(13(18)3)22(34-16(6)29)20(33-15(5)28)11-32-14(4)27/h9-10,12-13,18,20-22H,8,11H2,1-7H3/t13-,18+,20-,21-,22-/m1/s1. The Morgan fingerprint density at radius 3 is 2.29 bits per heavy atom. The van der Waals surface area contributed by atoms with Crippen molar-refractivity contribution in [2.45, 2.75) is 72.3 Å². The molecule has 35 heavy (non-hydrogen) atoms. The Labute approximate surface area is 203 Å². The zero-order valence-corrected chi connectivity index (χ0v) is 21.0. The summed E-state index contributed by atoms with van der Waals surface area (Å²) >= 11 is 0. The van der Waals surface area contributed by atoms with Crippen molar-refractivity contribution in [2.75, 3.05) is 13.7 Å². The van der Waals surface area contributed by atoms with Crippen LogP contribution in [-0.2, 0) is 49.3 Å². The molecular formula is C23H33N3O9. The van der Waals surface area contributed by atoms with Crippen LogP contribution in [0.5, 0.6) is 0 Å². The van der Waals surface area contributed by atoms with E-state index >= 15 is 0 Å². The number of nitrogens with zero attached hydrogens (tertiary/aromatic N) is 3. The Hall–Kier alpha value is -3.44. The average molecular weight is 496 g/mol.